The van der Waals surface area contributed by atoms with E-state index in [4.69, 9.17) is 4.74 Å². The van der Waals surface area contributed by atoms with Gasteiger partial charge in [-0.2, -0.15) is 0 Å². The third-order valence-electron chi connectivity index (χ3n) is 2.66. The summed E-state index contributed by atoms with van der Waals surface area (Å²) in [6, 6.07) is 0. The molecule has 2 heterocycles. The van der Waals surface area contributed by atoms with Gasteiger partial charge in [0.1, 0.15) is 0 Å². The van der Waals surface area contributed by atoms with Gasteiger partial charge in [-0.25, -0.2) is 0 Å². The van der Waals surface area contributed by atoms with Crippen LogP contribution >= 0.6 is 0 Å². The van der Waals surface area contributed by atoms with Crippen LogP contribution in [0, 0.1) is 11.8 Å². The van der Waals surface area contributed by atoms with Crippen molar-refractivity contribution in [3.63, 3.8) is 0 Å². The minimum absolute atomic E-state index is 0.00634. The van der Waals surface area contributed by atoms with E-state index in [1.165, 1.54) is 0 Å². The van der Waals surface area contributed by atoms with Gasteiger partial charge in [-0.1, -0.05) is 0 Å². The van der Waals surface area contributed by atoms with Crippen molar-refractivity contribution in [2.24, 2.45) is 11.8 Å². The van der Waals surface area contributed by atoms with Gasteiger partial charge >= 0.3 is 5.97 Å². The Labute approximate surface area is 66.1 Å². The Morgan fingerprint density at radius 1 is 1.36 bits per heavy atom. The van der Waals surface area contributed by atoms with Crippen LogP contribution in [0.15, 0.2) is 0 Å². The summed E-state index contributed by atoms with van der Waals surface area (Å²) >= 11 is 0. The van der Waals surface area contributed by atoms with Crippen LogP contribution in [0.4, 0.5) is 0 Å². The Hall–Kier alpha value is -0.570. The summed E-state index contributed by atoms with van der Waals surface area (Å²) in [5.74, 6) is 1.33. The van der Waals surface area contributed by atoms with Gasteiger partial charge in [-0.3, -0.25) is 4.79 Å². The number of cyclic esters (lactones) is 1. The van der Waals surface area contributed by atoms with E-state index in [0.29, 0.717) is 18.9 Å². The highest BCUT2D eigenvalue weighted by molar-refractivity contribution is 5.70. The van der Waals surface area contributed by atoms with Crippen molar-refractivity contribution >= 4 is 5.97 Å². The lowest BCUT2D eigenvalue weighted by molar-refractivity contribution is -0.150. The zero-order chi connectivity index (χ0) is 7.68. The first-order valence-electron chi connectivity index (χ1n) is 4.22. The average Bonchev–Trinajstić information content (AvgIpc) is 1.83. The van der Waals surface area contributed by atoms with Gasteiger partial charge in [0.25, 0.3) is 0 Å². The highest BCUT2D eigenvalue weighted by Crippen LogP contribution is 2.26. The van der Waals surface area contributed by atoms with Crippen LogP contribution in [0.3, 0.4) is 0 Å². The lowest BCUT2D eigenvalue weighted by Gasteiger charge is -2.36. The van der Waals surface area contributed by atoms with Gasteiger partial charge in [0.15, 0.2) is 0 Å². The molecule has 0 bridgehead atoms. The van der Waals surface area contributed by atoms with E-state index >= 15 is 0 Å². The van der Waals surface area contributed by atoms with Gasteiger partial charge in [0, 0.05) is 6.42 Å². The number of rotatable bonds is 1. The van der Waals surface area contributed by atoms with Crippen LogP contribution in [-0.2, 0) is 9.53 Å². The molecular formula is C8H13NO2. The van der Waals surface area contributed by atoms with Crippen molar-refractivity contribution in [2.45, 2.75) is 12.8 Å². The highest BCUT2D eigenvalue weighted by atomic mass is 16.5. The Morgan fingerprint density at radius 2 is 2.18 bits per heavy atom. The second kappa shape index (κ2) is 2.81. The fourth-order valence-electron chi connectivity index (χ4n) is 1.75. The summed E-state index contributed by atoms with van der Waals surface area (Å²) < 4.78 is 4.87. The van der Waals surface area contributed by atoms with Crippen LogP contribution in [0.2, 0.25) is 0 Å². The summed E-state index contributed by atoms with van der Waals surface area (Å²) in [6.45, 7) is 2.83. The number of carbonyl (C=O) groups excluding carboxylic acids is 1. The van der Waals surface area contributed by atoms with Crippen molar-refractivity contribution in [3.8, 4) is 0 Å². The second-order valence-electron chi connectivity index (χ2n) is 3.39. The van der Waals surface area contributed by atoms with Crippen LogP contribution in [-0.4, -0.2) is 25.7 Å². The molecule has 0 amide bonds. The topological polar surface area (TPSA) is 38.3 Å². The SMILES string of the molecule is O=C1CC(C2CNC2)CCO1. The normalized spacial score (nSPS) is 32.7. The fourth-order valence-corrected chi connectivity index (χ4v) is 1.75. The Bertz CT molecular complexity index is 165. The van der Waals surface area contributed by atoms with Crippen molar-refractivity contribution in [3.05, 3.63) is 0 Å². The lowest BCUT2D eigenvalue weighted by atomic mass is 9.82. The maximum absolute atomic E-state index is 10.9. The summed E-state index contributed by atoms with van der Waals surface area (Å²) in [5, 5.41) is 3.22. The Kier molecular flexibility index (Phi) is 1.82. The minimum atomic E-state index is -0.00634. The van der Waals surface area contributed by atoms with E-state index in [1.54, 1.807) is 0 Å². The summed E-state index contributed by atoms with van der Waals surface area (Å²) in [6.07, 6.45) is 1.71. The first kappa shape index (κ1) is 7.10. The molecule has 1 N–H and O–H groups in total. The first-order valence-corrected chi connectivity index (χ1v) is 4.22. The molecule has 3 nitrogen and oxygen atoms in total. The molecule has 11 heavy (non-hydrogen) atoms. The second-order valence-corrected chi connectivity index (χ2v) is 3.39. The molecule has 62 valence electrons. The molecule has 0 aliphatic carbocycles. The predicted molar refractivity (Wildman–Crippen MR) is 40.0 cm³/mol. The summed E-state index contributed by atoms with van der Waals surface area (Å²) in [5.41, 5.74) is 0. The van der Waals surface area contributed by atoms with Crippen LogP contribution in [0.25, 0.3) is 0 Å². The van der Waals surface area contributed by atoms with Crippen molar-refractivity contribution in [1.82, 2.24) is 5.32 Å². The molecular weight excluding hydrogens is 142 g/mol. The van der Waals surface area contributed by atoms with E-state index in [0.717, 1.165) is 25.4 Å². The Morgan fingerprint density at radius 3 is 2.73 bits per heavy atom. The Balaban J connectivity index is 1.87. The highest BCUT2D eigenvalue weighted by Gasteiger charge is 2.31. The number of esters is 1. The average molecular weight is 155 g/mol. The molecule has 0 aromatic carbocycles. The quantitative estimate of drug-likeness (QED) is 0.548. The largest absolute Gasteiger partial charge is 0.466 e. The zero-order valence-corrected chi connectivity index (χ0v) is 6.51. The zero-order valence-electron chi connectivity index (χ0n) is 6.51. The molecule has 0 aromatic heterocycles. The molecule has 2 aliphatic rings. The van der Waals surface area contributed by atoms with E-state index < -0.39 is 0 Å². The molecule has 0 aromatic rings. The van der Waals surface area contributed by atoms with E-state index in [9.17, 15) is 4.79 Å². The van der Waals surface area contributed by atoms with Crippen molar-refractivity contribution in [1.29, 1.82) is 0 Å². The lowest BCUT2D eigenvalue weighted by Crippen LogP contribution is -2.47. The number of nitrogens with one attached hydrogen (secondary N) is 1. The molecule has 2 rings (SSSR count). The van der Waals surface area contributed by atoms with Crippen LogP contribution < -0.4 is 5.32 Å². The summed E-state index contributed by atoms with van der Waals surface area (Å²) in [4.78, 5) is 10.9. The fraction of sp³-hybridized carbons (Fsp3) is 0.875. The third-order valence-corrected chi connectivity index (χ3v) is 2.66. The van der Waals surface area contributed by atoms with Crippen LogP contribution in [0.1, 0.15) is 12.8 Å². The molecule has 3 heteroatoms. The maximum atomic E-state index is 10.9. The van der Waals surface area contributed by atoms with Crippen molar-refractivity contribution in [2.75, 3.05) is 19.7 Å². The molecule has 2 fully saturated rings. The number of carbonyl (C=O) groups is 1. The standard InChI is InChI=1S/C8H13NO2/c10-8-3-6(1-2-11-8)7-4-9-5-7/h6-7,9H,1-5H2. The van der Waals surface area contributed by atoms with Gasteiger partial charge in [-0.15, -0.1) is 0 Å². The van der Waals surface area contributed by atoms with Gasteiger partial charge in [0.05, 0.1) is 6.61 Å². The summed E-state index contributed by atoms with van der Waals surface area (Å²) in [7, 11) is 0. The minimum Gasteiger partial charge on any atom is -0.466 e. The molecule has 1 unspecified atom stereocenters. The smallest absolute Gasteiger partial charge is 0.306 e. The van der Waals surface area contributed by atoms with Gasteiger partial charge in [0.2, 0.25) is 0 Å². The molecule has 1 atom stereocenters. The number of ether oxygens (including phenoxy) is 1. The monoisotopic (exact) mass is 155 g/mol. The van der Waals surface area contributed by atoms with Gasteiger partial charge < -0.3 is 10.1 Å². The van der Waals surface area contributed by atoms with E-state index in [-0.39, 0.29) is 5.97 Å². The molecule has 2 aliphatic heterocycles. The van der Waals surface area contributed by atoms with E-state index in [1.807, 2.05) is 0 Å². The first-order chi connectivity index (χ1) is 5.36. The van der Waals surface area contributed by atoms with Crippen LogP contribution in [0.5, 0.6) is 0 Å². The predicted octanol–water partition coefficient (Wildman–Crippen LogP) is 0.159. The van der Waals surface area contributed by atoms with E-state index in [2.05, 4.69) is 5.32 Å². The van der Waals surface area contributed by atoms with Gasteiger partial charge in [-0.05, 0) is 31.3 Å². The molecule has 0 spiro atoms. The number of hydrogen-bond donors (Lipinski definition) is 1. The number of hydrogen-bond acceptors (Lipinski definition) is 3. The maximum Gasteiger partial charge on any atom is 0.306 e. The molecule has 0 radical (unpaired) electrons. The van der Waals surface area contributed by atoms with Crippen molar-refractivity contribution < 1.29 is 9.53 Å². The third kappa shape index (κ3) is 1.38. The molecule has 0 saturated carbocycles. The molecule has 2 saturated heterocycles.